The predicted molar refractivity (Wildman–Crippen MR) is 58.2 cm³/mol. The van der Waals surface area contributed by atoms with E-state index in [1.807, 2.05) is 0 Å². The first-order valence-corrected chi connectivity index (χ1v) is 6.24. The van der Waals surface area contributed by atoms with E-state index in [4.69, 9.17) is 4.74 Å². The third kappa shape index (κ3) is 9.74. The molecule has 0 N–H and O–H groups in total. The first-order valence-electron chi connectivity index (χ1n) is 5.02. The quantitative estimate of drug-likeness (QED) is 0.465. The molecule has 0 atom stereocenters. The molecule has 0 heterocycles. The summed E-state index contributed by atoms with van der Waals surface area (Å²) in [4.78, 5) is 10.7. The van der Waals surface area contributed by atoms with Crippen molar-refractivity contribution in [2.24, 2.45) is 0 Å². The van der Waals surface area contributed by atoms with Crippen molar-refractivity contribution in [1.29, 1.82) is 0 Å². The minimum atomic E-state index is -0.159. The monoisotopic (exact) mass is 204 g/mol. The lowest BCUT2D eigenvalue weighted by molar-refractivity contribution is 0.172. The molecule has 0 rings (SSSR count). The molecule has 0 saturated heterocycles. The van der Waals surface area contributed by atoms with E-state index in [1.165, 1.54) is 32.1 Å². The van der Waals surface area contributed by atoms with Gasteiger partial charge in [0.05, 0.1) is 6.61 Å². The first-order chi connectivity index (χ1) is 6.31. The number of thioether (sulfide) groups is 1. The molecule has 0 bridgehead atoms. The molecule has 0 aromatic heterocycles. The van der Waals surface area contributed by atoms with Gasteiger partial charge >= 0.3 is 5.30 Å². The van der Waals surface area contributed by atoms with Crippen molar-refractivity contribution in [3.8, 4) is 0 Å². The maximum Gasteiger partial charge on any atom is 0.367 e. The Bertz CT molecular complexity index is 126. The van der Waals surface area contributed by atoms with E-state index >= 15 is 0 Å². The molecule has 3 heteroatoms. The molecule has 0 fully saturated rings. The fourth-order valence-electron chi connectivity index (χ4n) is 1.10. The minimum Gasteiger partial charge on any atom is -0.458 e. The zero-order chi connectivity index (χ0) is 9.94. The van der Waals surface area contributed by atoms with Gasteiger partial charge in [0.15, 0.2) is 0 Å². The maximum atomic E-state index is 10.7. The SMILES string of the molecule is CCCCCCCCOC(=O)SC. The molecule has 0 aromatic carbocycles. The van der Waals surface area contributed by atoms with Gasteiger partial charge < -0.3 is 4.74 Å². The second-order valence-corrected chi connectivity index (χ2v) is 3.81. The summed E-state index contributed by atoms with van der Waals surface area (Å²) >= 11 is 1.14. The highest BCUT2D eigenvalue weighted by Crippen LogP contribution is 2.06. The van der Waals surface area contributed by atoms with Gasteiger partial charge in [0.25, 0.3) is 0 Å². The van der Waals surface area contributed by atoms with Crippen molar-refractivity contribution in [1.82, 2.24) is 0 Å². The van der Waals surface area contributed by atoms with Gasteiger partial charge in [0.1, 0.15) is 0 Å². The van der Waals surface area contributed by atoms with Crippen LogP contribution in [0.15, 0.2) is 0 Å². The van der Waals surface area contributed by atoms with E-state index < -0.39 is 0 Å². The van der Waals surface area contributed by atoms with Crippen LogP contribution in [0.4, 0.5) is 4.79 Å². The zero-order valence-electron chi connectivity index (χ0n) is 8.67. The van der Waals surface area contributed by atoms with Crippen LogP contribution in [0.5, 0.6) is 0 Å². The topological polar surface area (TPSA) is 26.3 Å². The number of rotatable bonds is 7. The third-order valence-electron chi connectivity index (χ3n) is 1.88. The van der Waals surface area contributed by atoms with Crippen LogP contribution in [-0.4, -0.2) is 18.2 Å². The van der Waals surface area contributed by atoms with Crippen molar-refractivity contribution in [2.45, 2.75) is 45.4 Å². The molecule has 0 aromatic rings. The van der Waals surface area contributed by atoms with E-state index in [-0.39, 0.29) is 5.30 Å². The normalized spacial score (nSPS) is 10.0. The predicted octanol–water partition coefficient (Wildman–Crippen LogP) is 3.85. The van der Waals surface area contributed by atoms with Gasteiger partial charge in [-0.3, -0.25) is 0 Å². The standard InChI is InChI=1S/C10H20O2S/c1-3-4-5-6-7-8-9-12-10(11)13-2/h3-9H2,1-2H3. The van der Waals surface area contributed by atoms with E-state index in [2.05, 4.69) is 6.92 Å². The molecule has 2 nitrogen and oxygen atoms in total. The minimum absolute atomic E-state index is 0.159. The highest BCUT2D eigenvalue weighted by atomic mass is 32.2. The summed E-state index contributed by atoms with van der Waals surface area (Å²) in [6.07, 6.45) is 9.12. The van der Waals surface area contributed by atoms with Gasteiger partial charge in [0.2, 0.25) is 0 Å². The number of unbranched alkanes of at least 4 members (excludes halogenated alkanes) is 5. The van der Waals surface area contributed by atoms with Crippen LogP contribution in [0.3, 0.4) is 0 Å². The number of carbonyl (C=O) groups excluding carboxylic acids is 1. The highest BCUT2D eigenvalue weighted by molar-refractivity contribution is 8.12. The van der Waals surface area contributed by atoms with Crippen molar-refractivity contribution in [3.05, 3.63) is 0 Å². The van der Waals surface area contributed by atoms with Crippen molar-refractivity contribution in [3.63, 3.8) is 0 Å². The molecule has 0 spiro atoms. The Labute approximate surface area is 85.4 Å². The summed E-state index contributed by atoms with van der Waals surface area (Å²) in [6, 6.07) is 0. The van der Waals surface area contributed by atoms with E-state index in [0.717, 1.165) is 18.2 Å². The Kier molecular flexibility index (Phi) is 9.77. The Morgan fingerprint density at radius 1 is 1.15 bits per heavy atom. The largest absolute Gasteiger partial charge is 0.458 e. The highest BCUT2D eigenvalue weighted by Gasteiger charge is 1.97. The van der Waals surface area contributed by atoms with Crippen LogP contribution in [0.2, 0.25) is 0 Å². The Morgan fingerprint density at radius 3 is 2.38 bits per heavy atom. The average Bonchev–Trinajstić information content (AvgIpc) is 2.16. The van der Waals surface area contributed by atoms with Gasteiger partial charge in [0, 0.05) is 0 Å². The van der Waals surface area contributed by atoms with Crippen LogP contribution in [0.1, 0.15) is 45.4 Å². The Hall–Kier alpha value is -0.180. The lowest BCUT2D eigenvalue weighted by Crippen LogP contribution is -1.98. The summed E-state index contributed by atoms with van der Waals surface area (Å²) in [6.45, 7) is 2.80. The molecule has 0 amide bonds. The number of hydrogen-bond acceptors (Lipinski definition) is 3. The fourth-order valence-corrected chi connectivity index (χ4v) is 1.30. The lowest BCUT2D eigenvalue weighted by Gasteiger charge is -2.02. The van der Waals surface area contributed by atoms with E-state index in [1.54, 1.807) is 6.26 Å². The molecule has 0 unspecified atom stereocenters. The maximum absolute atomic E-state index is 10.7. The third-order valence-corrected chi connectivity index (χ3v) is 2.34. The number of carbonyl (C=O) groups is 1. The van der Waals surface area contributed by atoms with Crippen molar-refractivity contribution in [2.75, 3.05) is 12.9 Å². The second-order valence-electron chi connectivity index (χ2n) is 3.07. The van der Waals surface area contributed by atoms with Gasteiger partial charge in [-0.05, 0) is 24.4 Å². The summed E-state index contributed by atoms with van der Waals surface area (Å²) in [5.41, 5.74) is 0. The lowest BCUT2D eigenvalue weighted by atomic mass is 10.1. The van der Waals surface area contributed by atoms with Gasteiger partial charge in [-0.15, -0.1) is 0 Å². The van der Waals surface area contributed by atoms with E-state index in [9.17, 15) is 4.79 Å². The summed E-state index contributed by atoms with van der Waals surface area (Å²) in [5, 5.41) is -0.159. The van der Waals surface area contributed by atoms with Gasteiger partial charge in [-0.1, -0.05) is 39.0 Å². The first kappa shape index (κ1) is 12.8. The molecule has 0 radical (unpaired) electrons. The average molecular weight is 204 g/mol. The van der Waals surface area contributed by atoms with Crippen LogP contribution >= 0.6 is 11.8 Å². The molecule has 0 saturated carbocycles. The summed E-state index contributed by atoms with van der Waals surface area (Å²) < 4.78 is 4.92. The molecular formula is C10H20O2S. The Morgan fingerprint density at radius 2 is 1.77 bits per heavy atom. The van der Waals surface area contributed by atoms with Gasteiger partial charge in [-0.25, -0.2) is 4.79 Å². The molecule has 78 valence electrons. The molecule has 0 aliphatic rings. The van der Waals surface area contributed by atoms with Crippen molar-refractivity contribution < 1.29 is 9.53 Å². The number of hydrogen-bond donors (Lipinski definition) is 0. The molecule has 0 aliphatic heterocycles. The van der Waals surface area contributed by atoms with Crippen molar-refractivity contribution >= 4 is 17.1 Å². The number of ether oxygens (including phenoxy) is 1. The van der Waals surface area contributed by atoms with Crippen LogP contribution in [0, 0.1) is 0 Å². The smallest absolute Gasteiger partial charge is 0.367 e. The molecule has 13 heavy (non-hydrogen) atoms. The van der Waals surface area contributed by atoms with Gasteiger partial charge in [-0.2, -0.15) is 0 Å². The summed E-state index contributed by atoms with van der Waals surface area (Å²) in [7, 11) is 0. The van der Waals surface area contributed by atoms with Crippen LogP contribution in [-0.2, 0) is 4.74 Å². The van der Waals surface area contributed by atoms with Crippen LogP contribution < -0.4 is 0 Å². The fraction of sp³-hybridized carbons (Fsp3) is 0.900. The summed E-state index contributed by atoms with van der Waals surface area (Å²) in [5.74, 6) is 0. The molecule has 0 aliphatic carbocycles. The van der Waals surface area contributed by atoms with E-state index in [0.29, 0.717) is 6.61 Å². The second kappa shape index (κ2) is 9.90. The Balaban J connectivity index is 2.95. The van der Waals surface area contributed by atoms with Crippen LogP contribution in [0.25, 0.3) is 0 Å². The molecular weight excluding hydrogens is 184 g/mol. The zero-order valence-corrected chi connectivity index (χ0v) is 9.49.